The molecule has 1 aromatic heterocycles. The lowest BCUT2D eigenvalue weighted by molar-refractivity contribution is 0.111. The van der Waals surface area contributed by atoms with Gasteiger partial charge in [0.2, 0.25) is 0 Å². The third-order valence-electron chi connectivity index (χ3n) is 3.02. The van der Waals surface area contributed by atoms with Crippen molar-refractivity contribution in [2.75, 3.05) is 6.54 Å². The van der Waals surface area contributed by atoms with Crippen LogP contribution in [0.1, 0.15) is 23.3 Å². The summed E-state index contributed by atoms with van der Waals surface area (Å²) in [6.45, 7) is 1.16. The van der Waals surface area contributed by atoms with Crippen molar-refractivity contribution in [3.05, 3.63) is 24.0 Å². The molecule has 86 valence electrons. The van der Waals surface area contributed by atoms with Crippen molar-refractivity contribution >= 4 is 12.4 Å². The Morgan fingerprint density at radius 2 is 2.44 bits per heavy atom. The third kappa shape index (κ3) is 1.93. The number of hydrogen-bond donors (Lipinski definition) is 1. The molecule has 5 nitrogen and oxygen atoms in total. The van der Waals surface area contributed by atoms with Crippen LogP contribution in [0.2, 0.25) is 0 Å². The lowest BCUT2D eigenvalue weighted by atomic mass is 10.2. The Kier molecular flexibility index (Phi) is 2.94. The first-order valence-corrected chi connectivity index (χ1v) is 5.32. The van der Waals surface area contributed by atoms with Crippen LogP contribution in [0.25, 0.3) is 0 Å². The van der Waals surface area contributed by atoms with Gasteiger partial charge in [0, 0.05) is 19.3 Å². The van der Waals surface area contributed by atoms with Crippen LogP contribution < -0.4 is 0 Å². The minimum Gasteiger partial charge on any atom is -0.465 e. The SMILES string of the molecule is O=Cc1cccn1C[C@@H]1CCCN1C(=O)O. The molecule has 2 rings (SSSR count). The second-order valence-corrected chi connectivity index (χ2v) is 3.98. The van der Waals surface area contributed by atoms with Gasteiger partial charge in [-0.05, 0) is 25.0 Å². The van der Waals surface area contributed by atoms with E-state index < -0.39 is 6.09 Å². The zero-order chi connectivity index (χ0) is 11.5. The molecule has 1 aliphatic rings. The molecule has 0 saturated carbocycles. The van der Waals surface area contributed by atoms with Crippen LogP contribution in [0, 0.1) is 0 Å². The Morgan fingerprint density at radius 1 is 1.62 bits per heavy atom. The number of nitrogens with zero attached hydrogens (tertiary/aromatic N) is 2. The molecule has 16 heavy (non-hydrogen) atoms. The van der Waals surface area contributed by atoms with E-state index in [1.54, 1.807) is 16.7 Å². The first-order chi connectivity index (χ1) is 7.72. The Labute approximate surface area is 93.3 Å². The summed E-state index contributed by atoms with van der Waals surface area (Å²) in [5.41, 5.74) is 0.595. The molecule has 0 aromatic carbocycles. The summed E-state index contributed by atoms with van der Waals surface area (Å²) in [7, 11) is 0. The van der Waals surface area contributed by atoms with Gasteiger partial charge in [-0.2, -0.15) is 0 Å². The molecule has 2 heterocycles. The molecule has 0 radical (unpaired) electrons. The van der Waals surface area contributed by atoms with E-state index in [1.165, 1.54) is 4.90 Å². The van der Waals surface area contributed by atoms with Crippen LogP contribution in [0.4, 0.5) is 4.79 Å². The number of carboxylic acid groups (broad SMARTS) is 1. The highest BCUT2D eigenvalue weighted by Gasteiger charge is 2.28. The zero-order valence-corrected chi connectivity index (χ0v) is 8.87. The molecule has 5 heteroatoms. The van der Waals surface area contributed by atoms with Crippen molar-refractivity contribution in [3.63, 3.8) is 0 Å². The van der Waals surface area contributed by atoms with E-state index in [0.29, 0.717) is 18.8 Å². The molecular formula is C11H14N2O3. The van der Waals surface area contributed by atoms with Crippen LogP contribution in [0.15, 0.2) is 18.3 Å². The van der Waals surface area contributed by atoms with Gasteiger partial charge in [-0.3, -0.25) is 4.79 Å². The predicted octanol–water partition coefficient (Wildman–Crippen LogP) is 1.44. The third-order valence-corrected chi connectivity index (χ3v) is 3.02. The maximum atomic E-state index is 10.9. The first kappa shape index (κ1) is 10.7. The maximum absolute atomic E-state index is 10.9. The summed E-state index contributed by atoms with van der Waals surface area (Å²) in [6, 6.07) is 3.51. The lowest BCUT2D eigenvalue weighted by Gasteiger charge is -2.22. The van der Waals surface area contributed by atoms with Crippen LogP contribution in [0.5, 0.6) is 0 Å². The van der Waals surface area contributed by atoms with Crippen LogP contribution in [0.3, 0.4) is 0 Å². The molecule has 1 aromatic rings. The first-order valence-electron chi connectivity index (χ1n) is 5.32. The van der Waals surface area contributed by atoms with Gasteiger partial charge in [0.05, 0.1) is 11.7 Å². The van der Waals surface area contributed by atoms with E-state index in [0.717, 1.165) is 19.1 Å². The minimum absolute atomic E-state index is 0.0106. The van der Waals surface area contributed by atoms with Crippen molar-refractivity contribution in [2.45, 2.75) is 25.4 Å². The molecular weight excluding hydrogens is 208 g/mol. The van der Waals surface area contributed by atoms with Gasteiger partial charge in [-0.25, -0.2) is 4.79 Å². The van der Waals surface area contributed by atoms with E-state index in [2.05, 4.69) is 0 Å². The fourth-order valence-corrected chi connectivity index (χ4v) is 2.20. The lowest BCUT2D eigenvalue weighted by Crippen LogP contribution is -2.37. The van der Waals surface area contributed by atoms with Crippen LogP contribution >= 0.6 is 0 Å². The summed E-state index contributed by atoms with van der Waals surface area (Å²) in [5.74, 6) is 0. The summed E-state index contributed by atoms with van der Waals surface area (Å²) < 4.78 is 1.80. The second kappa shape index (κ2) is 4.38. The number of aromatic nitrogens is 1. The fourth-order valence-electron chi connectivity index (χ4n) is 2.20. The fraction of sp³-hybridized carbons (Fsp3) is 0.455. The van der Waals surface area contributed by atoms with E-state index in [1.807, 2.05) is 6.20 Å². The second-order valence-electron chi connectivity index (χ2n) is 3.98. The van der Waals surface area contributed by atoms with Gasteiger partial charge in [0.25, 0.3) is 0 Å². The molecule has 0 unspecified atom stereocenters. The monoisotopic (exact) mass is 222 g/mol. The number of rotatable bonds is 3. The van der Waals surface area contributed by atoms with Gasteiger partial charge in [-0.1, -0.05) is 0 Å². The normalized spacial score (nSPS) is 20.0. The average Bonchev–Trinajstić information content (AvgIpc) is 2.86. The van der Waals surface area contributed by atoms with Crippen LogP contribution in [-0.4, -0.2) is 39.5 Å². The number of hydrogen-bond acceptors (Lipinski definition) is 2. The smallest absolute Gasteiger partial charge is 0.407 e. The summed E-state index contributed by atoms with van der Waals surface area (Å²) in [6.07, 6.45) is 3.49. The van der Waals surface area contributed by atoms with Crippen molar-refractivity contribution in [3.8, 4) is 0 Å². The molecule has 1 atom stereocenters. The summed E-state index contributed by atoms with van der Waals surface area (Å²) in [5, 5.41) is 8.99. The average molecular weight is 222 g/mol. The molecule has 1 fully saturated rings. The van der Waals surface area contributed by atoms with Crippen LogP contribution in [-0.2, 0) is 6.54 Å². The summed E-state index contributed by atoms with van der Waals surface area (Å²) in [4.78, 5) is 23.1. The van der Waals surface area contributed by atoms with Gasteiger partial charge in [0.15, 0.2) is 6.29 Å². The Balaban J connectivity index is 2.09. The maximum Gasteiger partial charge on any atom is 0.407 e. The molecule has 0 spiro atoms. The number of amides is 1. The van der Waals surface area contributed by atoms with Gasteiger partial charge < -0.3 is 14.6 Å². The van der Waals surface area contributed by atoms with E-state index in [9.17, 15) is 9.59 Å². The molecule has 1 amide bonds. The van der Waals surface area contributed by atoms with Gasteiger partial charge >= 0.3 is 6.09 Å². The van der Waals surface area contributed by atoms with E-state index in [-0.39, 0.29) is 6.04 Å². The Hall–Kier alpha value is -1.78. The number of carbonyl (C=O) groups is 2. The van der Waals surface area contributed by atoms with Crippen molar-refractivity contribution < 1.29 is 14.7 Å². The molecule has 0 bridgehead atoms. The van der Waals surface area contributed by atoms with Gasteiger partial charge in [0.1, 0.15) is 0 Å². The Morgan fingerprint density at radius 3 is 3.12 bits per heavy atom. The molecule has 0 aliphatic carbocycles. The Bertz CT molecular complexity index is 400. The van der Waals surface area contributed by atoms with Crippen molar-refractivity contribution in [2.24, 2.45) is 0 Å². The summed E-state index contributed by atoms with van der Waals surface area (Å²) >= 11 is 0. The minimum atomic E-state index is -0.873. The standard InChI is InChI=1S/C11H14N2O3/c14-8-10-4-1-5-12(10)7-9-3-2-6-13(9)11(15)16/h1,4-5,8-9H,2-3,6-7H2,(H,15,16)/t9-/m0/s1. The highest BCUT2D eigenvalue weighted by atomic mass is 16.4. The van der Waals surface area contributed by atoms with Crippen molar-refractivity contribution in [1.82, 2.24) is 9.47 Å². The van der Waals surface area contributed by atoms with Gasteiger partial charge in [-0.15, -0.1) is 0 Å². The predicted molar refractivity (Wildman–Crippen MR) is 57.6 cm³/mol. The highest BCUT2D eigenvalue weighted by molar-refractivity contribution is 5.72. The number of aldehydes is 1. The zero-order valence-electron chi connectivity index (χ0n) is 8.87. The van der Waals surface area contributed by atoms with E-state index >= 15 is 0 Å². The quantitative estimate of drug-likeness (QED) is 0.787. The van der Waals surface area contributed by atoms with Crippen molar-refractivity contribution in [1.29, 1.82) is 0 Å². The topological polar surface area (TPSA) is 62.5 Å². The van der Waals surface area contributed by atoms with E-state index in [4.69, 9.17) is 5.11 Å². The number of carbonyl (C=O) groups excluding carboxylic acids is 1. The molecule has 1 N–H and O–H groups in total. The molecule has 1 aliphatic heterocycles. The largest absolute Gasteiger partial charge is 0.465 e. The number of likely N-dealkylation sites (tertiary alicyclic amines) is 1. The highest BCUT2D eigenvalue weighted by Crippen LogP contribution is 2.19. The molecule has 1 saturated heterocycles.